The second-order valence-electron chi connectivity index (χ2n) is 19.0. The maximum atomic E-state index is 15.5. The number of aromatic nitrogens is 2. The summed E-state index contributed by atoms with van der Waals surface area (Å²) in [5, 5.41) is 2.17. The first-order valence-electron chi connectivity index (χ1n) is 24.6. The molecule has 0 spiro atoms. The third-order valence-corrected chi connectivity index (χ3v) is 13.7. The Bertz CT molecular complexity index is 3710. The molecule has 0 aliphatic carbocycles. The first-order valence-corrected chi connectivity index (χ1v) is 24.6. The third kappa shape index (κ3) is 8.91. The number of hydrogen-bond donors (Lipinski definition) is 0. The van der Waals surface area contributed by atoms with Crippen molar-refractivity contribution in [1.29, 1.82) is 0 Å². The van der Waals surface area contributed by atoms with E-state index < -0.39 is 0 Å². The van der Waals surface area contributed by atoms with E-state index >= 15 is 4.39 Å². The van der Waals surface area contributed by atoms with Crippen molar-refractivity contribution >= 4 is 44.6 Å². The largest absolute Gasteiger partial charge is 0.509 e. The van der Waals surface area contributed by atoms with Gasteiger partial charge in [0, 0.05) is 66.9 Å². The van der Waals surface area contributed by atoms with Crippen molar-refractivity contribution in [2.45, 2.75) is 39.5 Å². The average Bonchev–Trinajstić information content (AvgIpc) is 3.97. The average molecular weight is 1130 g/mol. The summed E-state index contributed by atoms with van der Waals surface area (Å²) in [5.74, 6) is 1.93. The number of ether oxygens (including phenoxy) is 1. The van der Waals surface area contributed by atoms with Gasteiger partial charge in [0.25, 0.3) is 0 Å². The van der Waals surface area contributed by atoms with Crippen LogP contribution in [0.15, 0.2) is 212 Å². The van der Waals surface area contributed by atoms with E-state index in [0.717, 1.165) is 100 Å². The second kappa shape index (κ2) is 19.9. The molecule has 1 aliphatic heterocycles. The number of rotatable bonds is 11. The molecule has 0 saturated carbocycles. The van der Waals surface area contributed by atoms with Crippen molar-refractivity contribution < 1.29 is 30.2 Å². The molecule has 0 radical (unpaired) electrons. The number of para-hydroxylation sites is 3. The van der Waals surface area contributed by atoms with Gasteiger partial charge in [0.2, 0.25) is 0 Å². The molecule has 0 N–H and O–H groups in total. The summed E-state index contributed by atoms with van der Waals surface area (Å²) in [4.78, 5) is 9.29. The van der Waals surface area contributed by atoms with Crippen LogP contribution < -0.4 is 14.5 Å². The Morgan fingerprint density at radius 3 is 1.71 bits per heavy atom. The minimum atomic E-state index is -0.231. The van der Waals surface area contributed by atoms with Crippen molar-refractivity contribution in [3.63, 3.8) is 0 Å². The van der Waals surface area contributed by atoms with Gasteiger partial charge in [0.05, 0.1) is 0 Å². The normalized spacial score (nSPS) is 12.2. The molecular formula is C66H50FN4OPt-3. The van der Waals surface area contributed by atoms with Crippen LogP contribution in [0.1, 0.15) is 50.7 Å². The van der Waals surface area contributed by atoms with E-state index in [1.54, 1.807) is 6.07 Å². The fourth-order valence-corrected chi connectivity index (χ4v) is 10.2. The van der Waals surface area contributed by atoms with Gasteiger partial charge in [-0.15, -0.1) is 53.6 Å². The Labute approximate surface area is 441 Å². The summed E-state index contributed by atoms with van der Waals surface area (Å²) >= 11 is 0. The zero-order valence-corrected chi connectivity index (χ0v) is 43.1. The van der Waals surface area contributed by atoms with Crippen molar-refractivity contribution in [3.8, 4) is 61.8 Å². The quantitative estimate of drug-likeness (QED) is 0.121. The molecule has 9 aromatic carbocycles. The molecule has 0 fully saturated rings. The maximum Gasteiger partial charge on any atom is 0.135 e. The van der Waals surface area contributed by atoms with E-state index in [2.05, 4.69) is 219 Å². The number of hydrogen-bond acceptors (Lipinski definition) is 4. The van der Waals surface area contributed by atoms with E-state index in [0.29, 0.717) is 17.1 Å². The molecule has 12 rings (SSSR count). The molecule has 2 aromatic heterocycles. The standard InChI is InChI=1S/C66H50FN4O.Pt/c1-43(2)58-38-51(55-23-11-13-25-60(55)67)39-59(44(3)4)66(58)70-42-69(62-27-15-16-28-63(62)70)52-36-50(49-34-47(45-19-7-5-8-20-45)33-48(35-49)46-21-9-6-10-22-46)37-54(40-52)72-53-30-31-57-56-24-12-14-26-61(56)71(64(57)41-53)65-29-17-18-32-68-65;/h5-39,42-44H,1-4H3;/q-3;. The van der Waals surface area contributed by atoms with Crippen LogP contribution in [-0.4, -0.2) is 9.55 Å². The number of anilines is 4. The fourth-order valence-electron chi connectivity index (χ4n) is 10.2. The van der Waals surface area contributed by atoms with Gasteiger partial charge in [-0.2, -0.15) is 6.07 Å². The van der Waals surface area contributed by atoms with Crippen molar-refractivity contribution in [1.82, 2.24) is 9.55 Å². The van der Waals surface area contributed by atoms with Crippen LogP contribution in [0.3, 0.4) is 0 Å². The van der Waals surface area contributed by atoms with Gasteiger partial charge in [-0.3, -0.25) is 0 Å². The van der Waals surface area contributed by atoms with Crippen LogP contribution in [-0.2, 0) is 21.1 Å². The minimum Gasteiger partial charge on any atom is -0.509 e. The van der Waals surface area contributed by atoms with Gasteiger partial charge in [0.15, 0.2) is 0 Å². The summed E-state index contributed by atoms with van der Waals surface area (Å²) in [6, 6.07) is 77.9. The SMILES string of the molecule is CC(C)c1cc(-c2ccccc2F)cc(C(C)C)c1N1[CH-]N(c2[c-]c(Oc3[c-]c4c(cc3)c3ccccc3n4-c3ccccn3)cc(-c3cc(-c4ccccc4)cc(-c4ccccc4)c3)c2)c2ccccc21.[Pt]. The second-order valence-corrected chi connectivity index (χ2v) is 19.0. The molecule has 0 atom stereocenters. The van der Waals surface area contributed by atoms with E-state index in [4.69, 9.17) is 9.72 Å². The molecule has 11 aromatic rings. The summed E-state index contributed by atoms with van der Waals surface area (Å²) in [5.41, 5.74) is 16.0. The smallest absolute Gasteiger partial charge is 0.135 e. The zero-order chi connectivity index (χ0) is 48.9. The molecule has 1 aliphatic rings. The maximum absolute atomic E-state index is 15.5. The minimum absolute atomic E-state index is 0. The molecule has 5 nitrogen and oxygen atoms in total. The van der Waals surface area contributed by atoms with Gasteiger partial charge in [0.1, 0.15) is 11.6 Å². The predicted molar refractivity (Wildman–Crippen MR) is 294 cm³/mol. The topological polar surface area (TPSA) is 33.5 Å². The molecule has 360 valence electrons. The third-order valence-electron chi connectivity index (χ3n) is 13.7. The molecule has 7 heteroatoms. The van der Waals surface area contributed by atoms with Gasteiger partial charge in [-0.1, -0.05) is 148 Å². The van der Waals surface area contributed by atoms with Gasteiger partial charge < -0.3 is 19.1 Å². The van der Waals surface area contributed by atoms with Gasteiger partial charge in [-0.05, 0) is 128 Å². The molecule has 3 heterocycles. The Kier molecular flexibility index (Phi) is 12.9. The van der Waals surface area contributed by atoms with Crippen LogP contribution >= 0.6 is 0 Å². The Morgan fingerprint density at radius 2 is 1.07 bits per heavy atom. The number of nitrogens with zero attached hydrogens (tertiary/aromatic N) is 4. The van der Waals surface area contributed by atoms with Gasteiger partial charge >= 0.3 is 0 Å². The Morgan fingerprint density at radius 1 is 0.493 bits per heavy atom. The fraction of sp³-hybridized carbons (Fsp3) is 0.0909. The first kappa shape index (κ1) is 47.3. The van der Waals surface area contributed by atoms with Gasteiger partial charge in [-0.25, -0.2) is 9.37 Å². The number of benzene rings is 9. The summed E-state index contributed by atoms with van der Waals surface area (Å²) in [6.45, 7) is 11.0. The van der Waals surface area contributed by atoms with E-state index in [1.807, 2.05) is 42.6 Å². The van der Waals surface area contributed by atoms with Crippen molar-refractivity contribution in [3.05, 3.63) is 248 Å². The number of fused-ring (bicyclic) bond motifs is 4. The predicted octanol–water partition coefficient (Wildman–Crippen LogP) is 18.0. The number of halogens is 1. The van der Waals surface area contributed by atoms with Crippen LogP contribution in [0.4, 0.5) is 27.1 Å². The van der Waals surface area contributed by atoms with E-state index in [9.17, 15) is 0 Å². The zero-order valence-electron chi connectivity index (χ0n) is 40.8. The van der Waals surface area contributed by atoms with Crippen molar-refractivity contribution in [2.24, 2.45) is 0 Å². The Hall–Kier alpha value is -8.05. The molecule has 0 amide bonds. The first-order chi connectivity index (χ1) is 35.3. The molecular weight excluding hydrogens is 1080 g/mol. The molecule has 0 unspecified atom stereocenters. The van der Waals surface area contributed by atoms with Crippen LogP contribution in [0.5, 0.6) is 11.5 Å². The van der Waals surface area contributed by atoms with Crippen molar-refractivity contribution in [2.75, 3.05) is 9.80 Å². The molecule has 0 saturated heterocycles. The van der Waals surface area contributed by atoms with Crippen LogP contribution in [0.2, 0.25) is 0 Å². The van der Waals surface area contributed by atoms with E-state index in [-0.39, 0.29) is 38.7 Å². The summed E-state index contributed by atoms with van der Waals surface area (Å²) in [7, 11) is 0. The summed E-state index contributed by atoms with van der Waals surface area (Å²) in [6.07, 6.45) is 1.82. The molecule has 0 bridgehead atoms. The van der Waals surface area contributed by atoms with Crippen LogP contribution in [0, 0.1) is 24.6 Å². The van der Waals surface area contributed by atoms with E-state index in [1.165, 1.54) is 6.07 Å². The van der Waals surface area contributed by atoms with Crippen LogP contribution in [0.25, 0.3) is 72.1 Å². The number of pyridine rings is 1. The Balaban J connectivity index is 0.00000574. The molecule has 73 heavy (non-hydrogen) atoms. The monoisotopic (exact) mass is 1130 g/mol. The summed E-state index contributed by atoms with van der Waals surface area (Å²) < 4.78 is 24.6.